The predicted octanol–water partition coefficient (Wildman–Crippen LogP) is 2.74. The summed E-state index contributed by atoms with van der Waals surface area (Å²) in [5, 5.41) is 18.6. The van der Waals surface area contributed by atoms with Crippen LogP contribution >= 0.6 is 0 Å². The van der Waals surface area contributed by atoms with Crippen molar-refractivity contribution in [1.29, 1.82) is 5.26 Å². The average molecular weight is 525 g/mol. The van der Waals surface area contributed by atoms with Gasteiger partial charge in [-0.2, -0.15) is 5.26 Å². The summed E-state index contributed by atoms with van der Waals surface area (Å²) in [4.78, 5) is 43.1. The number of hydrogen-bond donors (Lipinski definition) is 1. The summed E-state index contributed by atoms with van der Waals surface area (Å²) in [5.74, 6) is -5.08. The molecule has 0 radical (unpaired) electrons. The van der Waals surface area contributed by atoms with E-state index in [1.807, 2.05) is 6.07 Å². The second-order valence-corrected chi connectivity index (χ2v) is 9.55. The van der Waals surface area contributed by atoms with E-state index in [9.17, 15) is 27.6 Å². The summed E-state index contributed by atoms with van der Waals surface area (Å²) >= 11 is 0. The minimum atomic E-state index is -3.19. The monoisotopic (exact) mass is 525 g/mol. The molecule has 0 aliphatic carbocycles. The Kier molecular flexibility index (Phi) is 5.66. The van der Waals surface area contributed by atoms with Gasteiger partial charge in [-0.25, -0.2) is 18.0 Å². The molecule has 10 nitrogen and oxygen atoms in total. The molecule has 1 spiro atoms. The molecule has 196 valence electrons. The lowest BCUT2D eigenvalue weighted by Crippen LogP contribution is -2.81. The molecule has 1 N–H and O–H groups in total. The Labute approximate surface area is 215 Å². The molecule has 38 heavy (non-hydrogen) atoms. The van der Waals surface area contributed by atoms with Gasteiger partial charge in [-0.1, -0.05) is 24.3 Å². The third-order valence-electron chi connectivity index (χ3n) is 7.14. The van der Waals surface area contributed by atoms with Crippen LogP contribution in [-0.4, -0.2) is 65.8 Å². The van der Waals surface area contributed by atoms with Crippen molar-refractivity contribution in [1.82, 2.24) is 15.1 Å². The van der Waals surface area contributed by atoms with Crippen LogP contribution in [0.4, 0.5) is 23.7 Å². The van der Waals surface area contributed by atoms with Gasteiger partial charge in [0.15, 0.2) is 5.54 Å². The minimum Gasteiger partial charge on any atom is -0.341 e. The zero-order chi connectivity index (χ0) is 27.5. The smallest absolute Gasteiger partial charge is 0.317 e. The molecule has 3 aliphatic heterocycles. The van der Waals surface area contributed by atoms with Gasteiger partial charge in [0.1, 0.15) is 12.4 Å². The van der Waals surface area contributed by atoms with Crippen LogP contribution < -0.4 is 10.2 Å². The van der Waals surface area contributed by atoms with E-state index in [1.54, 1.807) is 12.1 Å². The van der Waals surface area contributed by atoms with Crippen LogP contribution in [-0.2, 0) is 21.8 Å². The summed E-state index contributed by atoms with van der Waals surface area (Å²) in [6.45, 7) is 0.00353. The number of rotatable bonds is 5. The molecule has 2 fully saturated rings. The molecule has 0 bridgehead atoms. The second-order valence-electron chi connectivity index (χ2n) is 9.55. The number of alkyl halides is 2. The largest absolute Gasteiger partial charge is 0.341 e. The van der Waals surface area contributed by atoms with Crippen molar-refractivity contribution in [3.63, 3.8) is 0 Å². The van der Waals surface area contributed by atoms with Gasteiger partial charge in [-0.3, -0.25) is 14.5 Å². The van der Waals surface area contributed by atoms with Crippen molar-refractivity contribution in [3.05, 3.63) is 65.0 Å². The number of carbonyl (C=O) groups is 3. The SMILES string of the molecule is CNC(=O)N1CC2(C1)C(=O)N(c1ccc(C#N)cc1F)CC(=O)N2Cc1ccc(C2(C(C)(F)F)N=N2)cc1. The fraction of sp³-hybridized carbons (Fsp3) is 0.360. The van der Waals surface area contributed by atoms with Gasteiger partial charge >= 0.3 is 6.03 Å². The molecular formula is C25H22F3N7O3. The van der Waals surface area contributed by atoms with Crippen LogP contribution in [0.2, 0.25) is 0 Å². The number of nitrogens with one attached hydrogen (secondary N) is 1. The maximum absolute atomic E-state index is 14.8. The Morgan fingerprint density at radius 3 is 2.34 bits per heavy atom. The summed E-state index contributed by atoms with van der Waals surface area (Å²) in [6, 6.07) is 11.0. The summed E-state index contributed by atoms with van der Waals surface area (Å²) in [5.41, 5.74) is -2.71. The van der Waals surface area contributed by atoms with E-state index in [0.717, 1.165) is 17.9 Å². The number of anilines is 1. The Morgan fingerprint density at radius 1 is 1.16 bits per heavy atom. The third kappa shape index (κ3) is 3.75. The fourth-order valence-electron chi connectivity index (χ4n) is 4.94. The second kappa shape index (κ2) is 8.54. The highest BCUT2D eigenvalue weighted by atomic mass is 19.3. The standard InChI is InChI=1S/C25H22F3N7O3/c1-23(27,28)25(31-32-25)17-6-3-15(4-7-17)11-35-20(36)12-34(19-8-5-16(10-29)9-18(19)26)21(37)24(35)13-33(14-24)22(38)30-2/h3-9H,11-14H2,1-2H3,(H,30,38). The maximum atomic E-state index is 14.8. The Bertz CT molecular complexity index is 1400. The van der Waals surface area contributed by atoms with Gasteiger partial charge in [0, 0.05) is 26.1 Å². The first-order valence-electron chi connectivity index (χ1n) is 11.7. The molecule has 5 rings (SSSR count). The summed E-state index contributed by atoms with van der Waals surface area (Å²) < 4.78 is 42.8. The van der Waals surface area contributed by atoms with Crippen LogP contribution in [0, 0.1) is 17.1 Å². The molecule has 3 heterocycles. The van der Waals surface area contributed by atoms with Crippen molar-refractivity contribution in [2.24, 2.45) is 10.2 Å². The Hall–Kier alpha value is -4.47. The molecule has 3 aliphatic rings. The van der Waals surface area contributed by atoms with Crippen molar-refractivity contribution in [2.75, 3.05) is 31.6 Å². The van der Waals surface area contributed by atoms with Crippen molar-refractivity contribution >= 4 is 23.5 Å². The highest BCUT2D eigenvalue weighted by Gasteiger charge is 2.62. The van der Waals surface area contributed by atoms with Gasteiger partial charge in [-0.05, 0) is 23.8 Å². The van der Waals surface area contributed by atoms with Crippen molar-refractivity contribution in [2.45, 2.75) is 30.6 Å². The van der Waals surface area contributed by atoms with Crippen LogP contribution in [0.25, 0.3) is 0 Å². The molecule has 13 heteroatoms. The number of hydrogen-bond acceptors (Lipinski definition) is 6. The van der Waals surface area contributed by atoms with Gasteiger partial charge < -0.3 is 15.1 Å². The van der Waals surface area contributed by atoms with E-state index in [0.29, 0.717) is 5.56 Å². The van der Waals surface area contributed by atoms with E-state index < -0.39 is 47.3 Å². The number of urea groups is 1. The average Bonchev–Trinajstić information content (AvgIpc) is 3.68. The number of amides is 4. The lowest BCUT2D eigenvalue weighted by atomic mass is 9.83. The minimum absolute atomic E-state index is 0.0417. The highest BCUT2D eigenvalue weighted by Crippen LogP contribution is 2.51. The zero-order valence-corrected chi connectivity index (χ0v) is 20.4. The van der Waals surface area contributed by atoms with Crippen molar-refractivity contribution in [3.8, 4) is 6.07 Å². The molecule has 4 amide bonds. The first-order chi connectivity index (χ1) is 18.0. The van der Waals surface area contributed by atoms with E-state index in [4.69, 9.17) is 5.26 Å². The quantitative estimate of drug-likeness (QED) is 0.645. The van der Waals surface area contributed by atoms with Crippen LogP contribution in [0.3, 0.4) is 0 Å². The van der Waals surface area contributed by atoms with E-state index in [1.165, 1.54) is 41.1 Å². The highest BCUT2D eigenvalue weighted by molar-refractivity contribution is 6.10. The first-order valence-corrected chi connectivity index (χ1v) is 11.7. The predicted molar refractivity (Wildman–Crippen MR) is 126 cm³/mol. The van der Waals surface area contributed by atoms with Crippen molar-refractivity contribution < 1.29 is 27.6 Å². The van der Waals surface area contributed by atoms with Crippen LogP contribution in [0.15, 0.2) is 52.7 Å². The fourth-order valence-corrected chi connectivity index (χ4v) is 4.94. The number of nitriles is 1. The molecule has 2 aromatic rings. The summed E-state index contributed by atoms with van der Waals surface area (Å²) in [6.07, 6.45) is 0. The van der Waals surface area contributed by atoms with Gasteiger partial charge in [0.05, 0.1) is 30.4 Å². The van der Waals surface area contributed by atoms with E-state index in [2.05, 4.69) is 15.5 Å². The van der Waals surface area contributed by atoms with Gasteiger partial charge in [-0.15, -0.1) is 10.2 Å². The first kappa shape index (κ1) is 25.2. The lowest BCUT2D eigenvalue weighted by molar-refractivity contribution is -0.161. The van der Waals surface area contributed by atoms with Gasteiger partial charge in [0.2, 0.25) is 5.91 Å². The number of piperazine rings is 1. The molecule has 0 aromatic heterocycles. The molecule has 0 saturated carbocycles. The van der Waals surface area contributed by atoms with Crippen LogP contribution in [0.5, 0.6) is 0 Å². The summed E-state index contributed by atoms with van der Waals surface area (Å²) in [7, 11) is 1.43. The number of nitrogens with zero attached hydrogens (tertiary/aromatic N) is 6. The molecule has 2 aromatic carbocycles. The molecule has 0 atom stereocenters. The van der Waals surface area contributed by atoms with E-state index in [-0.39, 0.29) is 36.4 Å². The maximum Gasteiger partial charge on any atom is 0.317 e. The van der Waals surface area contributed by atoms with Crippen LogP contribution in [0.1, 0.15) is 23.6 Å². The zero-order valence-electron chi connectivity index (χ0n) is 20.4. The molecular weight excluding hydrogens is 503 g/mol. The molecule has 0 unspecified atom stereocenters. The lowest BCUT2D eigenvalue weighted by Gasteiger charge is -2.57. The van der Waals surface area contributed by atoms with E-state index >= 15 is 0 Å². The number of likely N-dealkylation sites (tertiary alicyclic amines) is 1. The third-order valence-corrected chi connectivity index (χ3v) is 7.14. The Balaban J connectivity index is 1.44. The number of benzene rings is 2. The number of halogens is 3. The molecule has 2 saturated heterocycles. The number of carbonyl (C=O) groups excluding carboxylic acids is 3. The normalized spacial score (nSPS) is 19.3. The van der Waals surface area contributed by atoms with Gasteiger partial charge in [0.25, 0.3) is 17.5 Å². The Morgan fingerprint density at radius 2 is 1.82 bits per heavy atom. The topological polar surface area (TPSA) is 121 Å².